The Hall–Kier alpha value is -1.36. The zero-order chi connectivity index (χ0) is 14.4. The van der Waals surface area contributed by atoms with E-state index < -0.39 is 0 Å². The highest BCUT2D eigenvalue weighted by atomic mass is 16.5. The fraction of sp³-hybridized carbons (Fsp3) is 0.500. The van der Waals surface area contributed by atoms with Crippen LogP contribution in [-0.4, -0.2) is 37.5 Å². The van der Waals surface area contributed by atoms with Crippen LogP contribution >= 0.6 is 0 Å². The molecule has 0 radical (unpaired) electrons. The molecule has 1 aromatic heterocycles. The van der Waals surface area contributed by atoms with Gasteiger partial charge in [0.25, 0.3) is 0 Å². The summed E-state index contributed by atoms with van der Waals surface area (Å²) in [4.78, 5) is 0. The Labute approximate surface area is 120 Å². The molecular weight excluding hydrogens is 252 g/mol. The maximum absolute atomic E-state index is 5.85. The highest BCUT2D eigenvalue weighted by Crippen LogP contribution is 2.18. The summed E-state index contributed by atoms with van der Waals surface area (Å²) in [5.74, 6) is 0. The van der Waals surface area contributed by atoms with E-state index in [2.05, 4.69) is 35.0 Å². The quantitative estimate of drug-likeness (QED) is 0.752. The van der Waals surface area contributed by atoms with Crippen molar-refractivity contribution in [2.75, 3.05) is 26.9 Å². The third-order valence-electron chi connectivity index (χ3n) is 3.30. The summed E-state index contributed by atoms with van der Waals surface area (Å²) in [6.07, 6.45) is 3.03. The van der Waals surface area contributed by atoms with Crippen molar-refractivity contribution in [1.29, 1.82) is 0 Å². The minimum atomic E-state index is 0.198. The fourth-order valence-electron chi connectivity index (χ4n) is 2.35. The molecule has 0 saturated carbocycles. The molecule has 1 aromatic carbocycles. The molecule has 20 heavy (non-hydrogen) atoms. The monoisotopic (exact) mass is 276 g/mol. The Morgan fingerprint density at radius 3 is 2.80 bits per heavy atom. The second-order valence-electron chi connectivity index (χ2n) is 5.19. The average Bonchev–Trinajstić information content (AvgIpc) is 2.80. The Morgan fingerprint density at radius 1 is 1.20 bits per heavy atom. The van der Waals surface area contributed by atoms with E-state index in [1.54, 1.807) is 7.11 Å². The van der Waals surface area contributed by atoms with Gasteiger partial charge in [0.05, 0.1) is 19.8 Å². The van der Waals surface area contributed by atoms with Crippen LogP contribution < -0.4 is 5.73 Å². The van der Waals surface area contributed by atoms with Crippen LogP contribution in [0, 0.1) is 0 Å². The second-order valence-corrected chi connectivity index (χ2v) is 5.19. The first-order chi connectivity index (χ1) is 9.70. The van der Waals surface area contributed by atoms with Crippen molar-refractivity contribution in [3.05, 3.63) is 36.0 Å². The molecule has 0 bridgehead atoms. The molecule has 0 amide bonds. The van der Waals surface area contributed by atoms with E-state index in [0.717, 1.165) is 13.0 Å². The second kappa shape index (κ2) is 7.43. The highest BCUT2D eigenvalue weighted by molar-refractivity contribution is 5.80. The first-order valence-corrected chi connectivity index (χ1v) is 7.10. The van der Waals surface area contributed by atoms with Gasteiger partial charge in [-0.3, -0.25) is 0 Å². The zero-order valence-electron chi connectivity index (χ0n) is 12.3. The summed E-state index contributed by atoms with van der Waals surface area (Å²) < 4.78 is 12.7. The number of hydrogen-bond acceptors (Lipinski definition) is 3. The Morgan fingerprint density at radius 2 is 2.05 bits per heavy atom. The van der Waals surface area contributed by atoms with Gasteiger partial charge in [-0.25, -0.2) is 0 Å². The molecule has 1 unspecified atom stereocenters. The molecule has 1 heterocycles. The molecule has 2 aromatic rings. The molecule has 0 saturated heterocycles. The van der Waals surface area contributed by atoms with Crippen molar-refractivity contribution in [2.45, 2.75) is 25.9 Å². The number of aromatic nitrogens is 1. The molecule has 4 nitrogen and oxygen atoms in total. The van der Waals surface area contributed by atoms with Crippen molar-refractivity contribution in [2.24, 2.45) is 5.73 Å². The van der Waals surface area contributed by atoms with Gasteiger partial charge in [-0.1, -0.05) is 6.07 Å². The van der Waals surface area contributed by atoms with E-state index in [1.165, 1.54) is 16.5 Å². The van der Waals surface area contributed by atoms with Gasteiger partial charge in [0.2, 0.25) is 0 Å². The van der Waals surface area contributed by atoms with Crippen molar-refractivity contribution >= 4 is 10.9 Å². The van der Waals surface area contributed by atoms with E-state index in [0.29, 0.717) is 19.8 Å². The fourth-order valence-corrected chi connectivity index (χ4v) is 2.35. The highest BCUT2D eigenvalue weighted by Gasteiger charge is 2.04. The minimum Gasteiger partial charge on any atom is -0.382 e. The van der Waals surface area contributed by atoms with Gasteiger partial charge in [0.1, 0.15) is 0 Å². The number of rotatable bonds is 8. The number of methoxy groups -OCH3 is 1. The minimum absolute atomic E-state index is 0.198. The van der Waals surface area contributed by atoms with Gasteiger partial charge in [0, 0.05) is 31.4 Å². The lowest BCUT2D eigenvalue weighted by Gasteiger charge is -2.08. The van der Waals surface area contributed by atoms with E-state index in [-0.39, 0.29) is 6.04 Å². The van der Waals surface area contributed by atoms with Gasteiger partial charge in [0.15, 0.2) is 0 Å². The third-order valence-corrected chi connectivity index (χ3v) is 3.30. The van der Waals surface area contributed by atoms with Crippen molar-refractivity contribution in [3.63, 3.8) is 0 Å². The molecule has 0 spiro atoms. The van der Waals surface area contributed by atoms with Gasteiger partial charge in [-0.15, -0.1) is 0 Å². The first-order valence-electron chi connectivity index (χ1n) is 7.10. The maximum Gasteiger partial charge on any atom is 0.0701 e. The van der Waals surface area contributed by atoms with E-state index in [4.69, 9.17) is 15.2 Å². The van der Waals surface area contributed by atoms with Crippen molar-refractivity contribution in [1.82, 2.24) is 4.57 Å². The van der Waals surface area contributed by atoms with Gasteiger partial charge in [-0.2, -0.15) is 0 Å². The molecule has 0 aliphatic heterocycles. The van der Waals surface area contributed by atoms with Crippen molar-refractivity contribution in [3.8, 4) is 0 Å². The van der Waals surface area contributed by atoms with E-state index in [1.807, 2.05) is 6.92 Å². The van der Waals surface area contributed by atoms with E-state index >= 15 is 0 Å². The summed E-state index contributed by atoms with van der Waals surface area (Å²) in [6.45, 7) is 4.89. The Kier molecular flexibility index (Phi) is 5.59. The molecule has 1 atom stereocenters. The van der Waals surface area contributed by atoms with Crippen LogP contribution in [0.2, 0.25) is 0 Å². The van der Waals surface area contributed by atoms with Crippen LogP contribution in [0.1, 0.15) is 12.5 Å². The lowest BCUT2D eigenvalue weighted by molar-refractivity contribution is 0.0670. The number of benzene rings is 1. The van der Waals surface area contributed by atoms with Crippen LogP contribution in [0.4, 0.5) is 0 Å². The topological polar surface area (TPSA) is 49.4 Å². The largest absolute Gasteiger partial charge is 0.382 e. The number of nitrogens with two attached hydrogens (primary N) is 1. The predicted molar refractivity (Wildman–Crippen MR) is 82.0 cm³/mol. The van der Waals surface area contributed by atoms with Gasteiger partial charge >= 0.3 is 0 Å². The summed E-state index contributed by atoms with van der Waals surface area (Å²) >= 11 is 0. The smallest absolute Gasteiger partial charge is 0.0701 e. The maximum atomic E-state index is 5.85. The first kappa shape index (κ1) is 15.0. The summed E-state index contributed by atoms with van der Waals surface area (Å²) in [5, 5.41) is 1.26. The summed E-state index contributed by atoms with van der Waals surface area (Å²) in [7, 11) is 1.68. The third kappa shape index (κ3) is 4.07. The number of fused-ring (bicyclic) bond motifs is 1. The Balaban J connectivity index is 1.97. The predicted octanol–water partition coefficient (Wildman–Crippen LogP) is 2.19. The lowest BCUT2D eigenvalue weighted by atomic mass is 10.1. The van der Waals surface area contributed by atoms with Crippen LogP contribution in [-0.2, 0) is 22.4 Å². The van der Waals surface area contributed by atoms with Crippen LogP contribution in [0.5, 0.6) is 0 Å². The molecule has 0 aliphatic rings. The number of hydrogen-bond donors (Lipinski definition) is 1. The molecular formula is C16H24N2O2. The van der Waals surface area contributed by atoms with Crippen LogP contribution in [0.15, 0.2) is 30.5 Å². The molecule has 2 rings (SSSR count). The Bertz CT molecular complexity index is 534. The van der Waals surface area contributed by atoms with Crippen molar-refractivity contribution < 1.29 is 9.47 Å². The van der Waals surface area contributed by atoms with E-state index in [9.17, 15) is 0 Å². The normalized spacial score (nSPS) is 12.9. The molecule has 2 N–H and O–H groups in total. The standard InChI is InChI=1S/C16H24N2O2/c1-13(17)11-14-3-4-16-15(12-14)5-6-18(16)7-8-20-10-9-19-2/h3-6,12-13H,7-11,17H2,1-2H3. The average molecular weight is 276 g/mol. The summed E-state index contributed by atoms with van der Waals surface area (Å²) in [5.41, 5.74) is 8.38. The van der Waals surface area contributed by atoms with Gasteiger partial charge < -0.3 is 19.8 Å². The summed E-state index contributed by atoms with van der Waals surface area (Å²) in [6, 6.07) is 8.90. The van der Waals surface area contributed by atoms with Crippen LogP contribution in [0.25, 0.3) is 10.9 Å². The number of ether oxygens (including phenoxy) is 2. The SMILES string of the molecule is COCCOCCn1ccc2cc(CC(C)N)ccc21. The molecule has 0 fully saturated rings. The zero-order valence-corrected chi connectivity index (χ0v) is 12.3. The van der Waals surface area contributed by atoms with Gasteiger partial charge in [-0.05, 0) is 42.5 Å². The molecule has 110 valence electrons. The number of nitrogens with zero attached hydrogens (tertiary/aromatic N) is 1. The van der Waals surface area contributed by atoms with Crippen LogP contribution in [0.3, 0.4) is 0 Å². The molecule has 0 aliphatic carbocycles. The lowest BCUT2D eigenvalue weighted by Crippen LogP contribution is -2.17. The molecule has 4 heteroatoms.